The van der Waals surface area contributed by atoms with E-state index in [0.29, 0.717) is 23.9 Å². The van der Waals surface area contributed by atoms with Crippen molar-refractivity contribution in [3.05, 3.63) is 67.9 Å². The maximum atomic E-state index is 12.2. The summed E-state index contributed by atoms with van der Waals surface area (Å²) in [5.41, 5.74) is 3.11. The SMILES string of the molecule is C#CCOc1cc(-n2nc(C(C)(C)C)oc2=O)c(Cl)cc1Cl.CCc1cccc(C)c1N(C(=O)CCl)C(C)COC.O=C(O)CNCP(=O)(O)O. The van der Waals surface area contributed by atoms with E-state index >= 15 is 0 Å². The molecule has 18 heteroatoms. The van der Waals surface area contributed by atoms with Crippen LogP contribution >= 0.6 is 42.4 Å². The number of ether oxygens (including phenoxy) is 2. The summed E-state index contributed by atoms with van der Waals surface area (Å²) < 4.78 is 26.8. The first-order chi connectivity index (χ1) is 23.7. The van der Waals surface area contributed by atoms with Gasteiger partial charge < -0.3 is 33.7 Å². The number of carboxylic acids is 1. The van der Waals surface area contributed by atoms with Crippen LogP contribution in [0.5, 0.6) is 5.75 Å². The molecule has 282 valence electrons. The van der Waals surface area contributed by atoms with Crippen LogP contribution in [0.4, 0.5) is 5.69 Å². The van der Waals surface area contributed by atoms with E-state index in [2.05, 4.69) is 29.3 Å². The van der Waals surface area contributed by atoms with Crippen molar-refractivity contribution >= 4 is 60.0 Å². The number of nitrogens with one attached hydrogen (secondary N) is 1. The number of carboxylic acid groups (broad SMARTS) is 1. The lowest BCUT2D eigenvalue weighted by Gasteiger charge is -2.31. The molecule has 0 aliphatic heterocycles. The molecule has 2 aromatic carbocycles. The van der Waals surface area contributed by atoms with Gasteiger partial charge >= 0.3 is 19.3 Å². The van der Waals surface area contributed by atoms with Crippen LogP contribution in [0.3, 0.4) is 0 Å². The monoisotopic (exact) mass is 792 g/mol. The Morgan fingerprint density at radius 1 is 1.22 bits per heavy atom. The van der Waals surface area contributed by atoms with E-state index in [1.165, 1.54) is 12.1 Å². The largest absolute Gasteiger partial charge is 0.480 e. The highest BCUT2D eigenvalue weighted by Crippen LogP contribution is 2.33. The third-order valence-corrected chi connectivity index (χ3v) is 7.96. The Kier molecular flexibility index (Phi) is 19.0. The zero-order chi connectivity index (χ0) is 39.1. The summed E-state index contributed by atoms with van der Waals surface area (Å²) in [6, 6.07) is 9.00. The molecule has 0 saturated heterocycles. The number of aromatic nitrogens is 2. The Morgan fingerprint density at radius 2 is 1.86 bits per heavy atom. The lowest BCUT2D eigenvalue weighted by atomic mass is 9.97. The molecular formula is C33H44Cl3N4O10P. The molecule has 3 aromatic rings. The molecule has 1 amide bonds. The van der Waals surface area contributed by atoms with Crippen molar-refractivity contribution in [2.75, 3.05) is 43.9 Å². The highest BCUT2D eigenvalue weighted by atomic mass is 35.5. The highest BCUT2D eigenvalue weighted by molar-refractivity contribution is 7.51. The normalized spacial score (nSPS) is 11.7. The number of amides is 1. The second-order valence-corrected chi connectivity index (χ2v) is 14.6. The molecule has 0 aliphatic rings. The summed E-state index contributed by atoms with van der Waals surface area (Å²) in [6.45, 7) is 11.8. The summed E-state index contributed by atoms with van der Waals surface area (Å²) in [5, 5.41) is 14.8. The first-order valence-corrected chi connectivity index (χ1v) is 18.4. The number of para-hydroxylation sites is 1. The predicted molar refractivity (Wildman–Crippen MR) is 198 cm³/mol. The summed E-state index contributed by atoms with van der Waals surface area (Å²) in [5.74, 6) is 1.05. The van der Waals surface area contributed by atoms with Gasteiger partial charge in [0.15, 0.2) is 0 Å². The number of benzene rings is 2. The number of nitrogens with zero attached hydrogens (tertiary/aromatic N) is 3. The maximum absolute atomic E-state index is 12.2. The number of hydrogen-bond acceptors (Lipinski definition) is 9. The first-order valence-electron chi connectivity index (χ1n) is 15.3. The summed E-state index contributed by atoms with van der Waals surface area (Å²) in [7, 11) is -2.46. The molecule has 51 heavy (non-hydrogen) atoms. The lowest BCUT2D eigenvalue weighted by Crippen LogP contribution is -2.43. The van der Waals surface area contributed by atoms with Gasteiger partial charge in [-0.3, -0.25) is 19.5 Å². The first kappa shape index (κ1) is 45.6. The van der Waals surface area contributed by atoms with Crippen LogP contribution < -0.4 is 20.7 Å². The van der Waals surface area contributed by atoms with Crippen LogP contribution in [0.25, 0.3) is 5.69 Å². The van der Waals surface area contributed by atoms with Gasteiger partial charge in [0.25, 0.3) is 0 Å². The molecule has 0 spiro atoms. The number of carbonyl (C=O) groups is 2. The Balaban J connectivity index is 0.000000410. The van der Waals surface area contributed by atoms with Crippen molar-refractivity contribution in [3.63, 3.8) is 0 Å². The summed E-state index contributed by atoms with van der Waals surface area (Å²) in [6.07, 6.45) is 5.43. The zero-order valence-corrected chi connectivity index (χ0v) is 32.6. The third kappa shape index (κ3) is 15.0. The van der Waals surface area contributed by atoms with Gasteiger partial charge in [-0.25, -0.2) is 4.79 Å². The van der Waals surface area contributed by atoms with Gasteiger partial charge in [0.05, 0.1) is 46.9 Å². The number of methoxy groups -OCH3 is 1. The van der Waals surface area contributed by atoms with E-state index in [4.69, 9.17) is 70.0 Å². The van der Waals surface area contributed by atoms with Gasteiger partial charge in [0, 0.05) is 18.6 Å². The Hall–Kier alpha value is -3.38. The Labute approximate surface area is 312 Å². The number of carbonyl (C=O) groups excluding carboxylic acids is 1. The van der Waals surface area contributed by atoms with Crippen molar-refractivity contribution in [2.24, 2.45) is 0 Å². The minimum absolute atomic E-state index is 0.0223. The van der Waals surface area contributed by atoms with Gasteiger partial charge in [0.2, 0.25) is 11.8 Å². The number of aliphatic carboxylic acids is 1. The number of hydrogen-bond donors (Lipinski definition) is 4. The van der Waals surface area contributed by atoms with Crippen LogP contribution in [0.1, 0.15) is 51.6 Å². The van der Waals surface area contributed by atoms with Crippen LogP contribution in [0.2, 0.25) is 10.0 Å². The fourth-order valence-electron chi connectivity index (χ4n) is 4.27. The fourth-order valence-corrected chi connectivity index (χ4v) is 5.32. The van der Waals surface area contributed by atoms with Gasteiger partial charge in [-0.2, -0.15) is 4.68 Å². The van der Waals surface area contributed by atoms with Gasteiger partial charge in [0.1, 0.15) is 18.2 Å². The molecule has 0 radical (unpaired) electrons. The molecule has 0 saturated carbocycles. The van der Waals surface area contributed by atoms with E-state index in [1.54, 1.807) is 12.0 Å². The minimum atomic E-state index is -4.10. The van der Waals surface area contributed by atoms with Gasteiger partial charge in [-0.15, -0.1) is 23.1 Å². The predicted octanol–water partition coefficient (Wildman–Crippen LogP) is 5.40. The molecule has 1 aromatic heterocycles. The lowest BCUT2D eigenvalue weighted by molar-refractivity contribution is -0.135. The van der Waals surface area contributed by atoms with E-state index in [9.17, 15) is 18.9 Å². The number of alkyl halides is 1. The number of halogens is 3. The van der Waals surface area contributed by atoms with E-state index in [1.807, 2.05) is 46.8 Å². The molecule has 3 rings (SSSR count). The number of rotatable bonds is 13. The third-order valence-electron chi connectivity index (χ3n) is 6.50. The molecule has 1 atom stereocenters. The topological polar surface area (TPSA) is 194 Å². The molecule has 4 N–H and O–H groups in total. The maximum Gasteiger partial charge on any atom is 0.442 e. The van der Waals surface area contributed by atoms with E-state index in [0.717, 1.165) is 27.9 Å². The second kappa shape index (κ2) is 21.2. The number of aryl methyl sites for hydroxylation is 2. The van der Waals surface area contributed by atoms with Crippen molar-refractivity contribution < 1.29 is 42.9 Å². The molecule has 0 fully saturated rings. The second-order valence-electron chi connectivity index (χ2n) is 11.8. The van der Waals surface area contributed by atoms with Crippen LogP contribution in [-0.4, -0.2) is 81.6 Å². The average molecular weight is 794 g/mol. The van der Waals surface area contributed by atoms with Crippen LogP contribution in [0.15, 0.2) is 39.5 Å². The average Bonchev–Trinajstić information content (AvgIpc) is 3.43. The molecular weight excluding hydrogens is 750 g/mol. The highest BCUT2D eigenvalue weighted by Gasteiger charge is 2.25. The molecule has 0 bridgehead atoms. The number of anilines is 1. The molecule has 1 heterocycles. The number of terminal acetylenes is 1. The fraction of sp³-hybridized carbons (Fsp3) is 0.455. The molecule has 14 nitrogen and oxygen atoms in total. The Morgan fingerprint density at radius 3 is 2.35 bits per heavy atom. The Bertz CT molecular complexity index is 1760. The van der Waals surface area contributed by atoms with Gasteiger partial charge in [-0.05, 0) is 37.5 Å². The summed E-state index contributed by atoms with van der Waals surface area (Å²) >= 11 is 17.9. The van der Waals surface area contributed by atoms with Crippen molar-refractivity contribution in [2.45, 2.75) is 59.4 Å². The van der Waals surface area contributed by atoms with Crippen LogP contribution in [0, 0.1) is 19.3 Å². The smallest absolute Gasteiger partial charge is 0.442 e. The molecule has 0 aliphatic carbocycles. The zero-order valence-electron chi connectivity index (χ0n) is 29.4. The van der Waals surface area contributed by atoms with Crippen molar-refractivity contribution in [3.8, 4) is 23.8 Å². The standard InChI is InChI=1S/C15H14Cl2N2O3.C15H22ClNO2.C3H8NO5P/c1-5-6-21-12-8-11(9(16)7-10(12)17)19-14(20)22-13(18-19)15(2,3)4;1-5-13-8-6-7-11(2)15(13)17(14(18)9-16)12(3)10-19-4;5-3(6)1-4-2-10(7,8)9/h1,7-8H,6H2,2-4H3;6-8,12H,5,9-10H2,1-4H3;4H,1-2H2,(H,5,6)(H2,7,8,9). The van der Waals surface area contributed by atoms with E-state index in [-0.39, 0.29) is 34.5 Å². The van der Waals surface area contributed by atoms with Crippen molar-refractivity contribution in [1.82, 2.24) is 15.1 Å². The molecule has 1 unspecified atom stereocenters. The van der Waals surface area contributed by atoms with E-state index < -0.39 is 37.6 Å². The summed E-state index contributed by atoms with van der Waals surface area (Å²) in [4.78, 5) is 52.1. The van der Waals surface area contributed by atoms with Crippen molar-refractivity contribution in [1.29, 1.82) is 0 Å². The quantitative estimate of drug-likeness (QED) is 0.0980. The minimum Gasteiger partial charge on any atom is -0.480 e. The van der Waals surface area contributed by atoms with Gasteiger partial charge in [-0.1, -0.05) is 75.0 Å². The van der Waals surface area contributed by atoms with Crippen LogP contribution in [-0.2, 0) is 30.7 Å².